The molecule has 5 nitrogen and oxygen atoms in total. The van der Waals surface area contributed by atoms with Crippen molar-refractivity contribution in [3.8, 4) is 0 Å². The Labute approximate surface area is 136 Å². The Hall–Kier alpha value is -2.34. The van der Waals surface area contributed by atoms with Gasteiger partial charge in [-0.15, -0.1) is 0 Å². The highest BCUT2D eigenvalue weighted by Gasteiger charge is 2.14. The van der Waals surface area contributed by atoms with Gasteiger partial charge in [0.15, 0.2) is 0 Å². The number of amides is 1. The minimum atomic E-state index is -3.45. The lowest BCUT2D eigenvalue weighted by Crippen LogP contribution is -2.25. The Bertz CT molecular complexity index is 829. The van der Waals surface area contributed by atoms with Crippen LogP contribution in [0.4, 0.5) is 5.69 Å². The van der Waals surface area contributed by atoms with Crippen LogP contribution in [0.25, 0.3) is 0 Å². The predicted molar refractivity (Wildman–Crippen MR) is 92.0 cm³/mol. The van der Waals surface area contributed by atoms with E-state index in [0.717, 1.165) is 22.9 Å². The molecule has 6 heteroatoms. The molecule has 2 rings (SSSR count). The number of nitrogens with one attached hydrogen (secondary N) is 2. The zero-order chi connectivity index (χ0) is 17.0. The smallest absolute Gasteiger partial charge is 0.253 e. The second-order valence-corrected chi connectivity index (χ2v) is 7.28. The molecule has 2 N–H and O–H groups in total. The van der Waals surface area contributed by atoms with Crippen LogP contribution in [0.1, 0.15) is 27.0 Å². The van der Waals surface area contributed by atoms with Gasteiger partial charge in [0, 0.05) is 6.54 Å². The number of anilines is 1. The standard InChI is InChI=1S/C17H20N2O3S/c1-12-8-9-16(19-23(3,21)22)15(10-12)17(20)18-11-14-7-5-4-6-13(14)2/h4-10,19H,11H2,1-3H3,(H,18,20). The number of rotatable bonds is 5. The van der Waals surface area contributed by atoms with E-state index < -0.39 is 10.0 Å². The van der Waals surface area contributed by atoms with Crippen molar-refractivity contribution in [2.45, 2.75) is 20.4 Å². The minimum Gasteiger partial charge on any atom is -0.348 e. The Kier molecular flexibility index (Phi) is 5.05. The van der Waals surface area contributed by atoms with Gasteiger partial charge in [0.25, 0.3) is 5.91 Å². The summed E-state index contributed by atoms with van der Waals surface area (Å²) in [4.78, 5) is 12.4. The van der Waals surface area contributed by atoms with E-state index in [0.29, 0.717) is 12.1 Å². The summed E-state index contributed by atoms with van der Waals surface area (Å²) in [6, 6.07) is 12.8. The maximum atomic E-state index is 12.4. The zero-order valence-corrected chi connectivity index (χ0v) is 14.2. The maximum absolute atomic E-state index is 12.4. The average molecular weight is 332 g/mol. The SMILES string of the molecule is Cc1ccc(NS(C)(=O)=O)c(C(=O)NCc2ccccc2C)c1. The molecule has 0 fully saturated rings. The van der Waals surface area contributed by atoms with E-state index >= 15 is 0 Å². The lowest BCUT2D eigenvalue weighted by atomic mass is 10.1. The van der Waals surface area contributed by atoms with Gasteiger partial charge in [-0.25, -0.2) is 8.42 Å². The molecule has 0 heterocycles. The van der Waals surface area contributed by atoms with Gasteiger partial charge >= 0.3 is 0 Å². The van der Waals surface area contributed by atoms with Gasteiger partial charge in [0.2, 0.25) is 10.0 Å². The molecule has 23 heavy (non-hydrogen) atoms. The van der Waals surface area contributed by atoms with Gasteiger partial charge < -0.3 is 5.32 Å². The summed E-state index contributed by atoms with van der Waals surface area (Å²) in [7, 11) is -3.45. The fourth-order valence-corrected chi connectivity index (χ4v) is 2.79. The van der Waals surface area contributed by atoms with Crippen LogP contribution in [0.5, 0.6) is 0 Å². The molecule has 0 bridgehead atoms. The molecule has 0 aliphatic carbocycles. The monoisotopic (exact) mass is 332 g/mol. The summed E-state index contributed by atoms with van der Waals surface area (Å²) in [6.07, 6.45) is 1.06. The molecule has 0 saturated carbocycles. The molecular weight excluding hydrogens is 312 g/mol. The van der Waals surface area contributed by atoms with Crippen molar-refractivity contribution >= 4 is 21.6 Å². The third kappa shape index (κ3) is 4.82. The molecule has 0 spiro atoms. The van der Waals surface area contributed by atoms with E-state index in [9.17, 15) is 13.2 Å². The second-order valence-electron chi connectivity index (χ2n) is 5.53. The van der Waals surface area contributed by atoms with Crippen molar-refractivity contribution in [1.82, 2.24) is 5.32 Å². The Morgan fingerprint density at radius 1 is 1.09 bits per heavy atom. The maximum Gasteiger partial charge on any atom is 0.253 e. The molecule has 2 aromatic rings. The molecule has 0 unspecified atom stereocenters. The lowest BCUT2D eigenvalue weighted by Gasteiger charge is -2.13. The summed E-state index contributed by atoms with van der Waals surface area (Å²) in [5.74, 6) is -0.317. The number of hydrogen-bond donors (Lipinski definition) is 2. The van der Waals surface area contributed by atoms with Crippen LogP contribution in [-0.4, -0.2) is 20.6 Å². The fourth-order valence-electron chi connectivity index (χ4n) is 2.21. The Balaban J connectivity index is 2.21. The number of carbonyl (C=O) groups is 1. The normalized spacial score (nSPS) is 11.1. The van der Waals surface area contributed by atoms with Crippen molar-refractivity contribution in [3.63, 3.8) is 0 Å². The molecular formula is C17H20N2O3S. The average Bonchev–Trinajstić information content (AvgIpc) is 2.46. The molecule has 2 aromatic carbocycles. The summed E-state index contributed by atoms with van der Waals surface area (Å²) >= 11 is 0. The van der Waals surface area contributed by atoms with E-state index in [4.69, 9.17) is 0 Å². The third-order valence-corrected chi connectivity index (χ3v) is 4.01. The second kappa shape index (κ2) is 6.83. The number of sulfonamides is 1. The van der Waals surface area contributed by atoms with Crippen LogP contribution < -0.4 is 10.0 Å². The van der Waals surface area contributed by atoms with Crippen LogP contribution in [0.2, 0.25) is 0 Å². The molecule has 0 aliphatic heterocycles. The summed E-state index contributed by atoms with van der Waals surface area (Å²) < 4.78 is 25.3. The topological polar surface area (TPSA) is 75.3 Å². The van der Waals surface area contributed by atoms with E-state index in [1.54, 1.807) is 18.2 Å². The van der Waals surface area contributed by atoms with Gasteiger partial charge in [0.1, 0.15) is 0 Å². The molecule has 1 amide bonds. The van der Waals surface area contributed by atoms with Crippen molar-refractivity contribution < 1.29 is 13.2 Å². The first-order valence-electron chi connectivity index (χ1n) is 7.17. The molecule has 0 atom stereocenters. The van der Waals surface area contributed by atoms with E-state index in [2.05, 4.69) is 10.0 Å². The van der Waals surface area contributed by atoms with Crippen molar-refractivity contribution in [1.29, 1.82) is 0 Å². The highest BCUT2D eigenvalue weighted by Crippen LogP contribution is 2.19. The Morgan fingerprint density at radius 2 is 1.78 bits per heavy atom. The summed E-state index contributed by atoms with van der Waals surface area (Å²) in [6.45, 7) is 4.21. The van der Waals surface area contributed by atoms with Crippen molar-refractivity contribution in [2.24, 2.45) is 0 Å². The van der Waals surface area contributed by atoms with Crippen LogP contribution in [0, 0.1) is 13.8 Å². The molecule has 122 valence electrons. The first kappa shape index (κ1) is 17.0. The van der Waals surface area contributed by atoms with Gasteiger partial charge in [-0.3, -0.25) is 9.52 Å². The van der Waals surface area contributed by atoms with E-state index in [1.807, 2.05) is 38.1 Å². The van der Waals surface area contributed by atoms with E-state index in [1.165, 1.54) is 0 Å². The number of hydrogen-bond acceptors (Lipinski definition) is 3. The van der Waals surface area contributed by atoms with Gasteiger partial charge in [0.05, 0.1) is 17.5 Å². The Morgan fingerprint density at radius 3 is 2.43 bits per heavy atom. The van der Waals surface area contributed by atoms with Crippen LogP contribution in [0.15, 0.2) is 42.5 Å². The van der Waals surface area contributed by atoms with Crippen molar-refractivity contribution in [3.05, 3.63) is 64.7 Å². The molecule has 0 aromatic heterocycles. The molecule has 0 saturated heterocycles. The summed E-state index contributed by atoms with van der Waals surface area (Å²) in [5, 5.41) is 2.84. The lowest BCUT2D eigenvalue weighted by molar-refractivity contribution is 0.0951. The number of benzene rings is 2. The molecule has 0 aliphatic rings. The first-order chi connectivity index (χ1) is 10.8. The van der Waals surface area contributed by atoms with Gasteiger partial charge in [-0.05, 0) is 37.1 Å². The van der Waals surface area contributed by atoms with Crippen LogP contribution >= 0.6 is 0 Å². The fraction of sp³-hybridized carbons (Fsp3) is 0.235. The largest absolute Gasteiger partial charge is 0.348 e. The minimum absolute atomic E-state index is 0.278. The highest BCUT2D eigenvalue weighted by molar-refractivity contribution is 7.92. The van der Waals surface area contributed by atoms with Crippen LogP contribution in [0.3, 0.4) is 0 Å². The van der Waals surface area contributed by atoms with Crippen molar-refractivity contribution in [2.75, 3.05) is 11.0 Å². The quantitative estimate of drug-likeness (QED) is 0.884. The number of aryl methyl sites for hydroxylation is 2. The number of carbonyl (C=O) groups excluding carboxylic acids is 1. The third-order valence-electron chi connectivity index (χ3n) is 3.42. The zero-order valence-electron chi connectivity index (χ0n) is 13.4. The molecule has 0 radical (unpaired) electrons. The van der Waals surface area contributed by atoms with Gasteiger partial charge in [-0.2, -0.15) is 0 Å². The highest BCUT2D eigenvalue weighted by atomic mass is 32.2. The predicted octanol–water partition coefficient (Wildman–Crippen LogP) is 2.60. The van der Waals surface area contributed by atoms with Crippen LogP contribution in [-0.2, 0) is 16.6 Å². The first-order valence-corrected chi connectivity index (χ1v) is 9.06. The summed E-state index contributed by atoms with van der Waals surface area (Å²) in [5.41, 5.74) is 3.58. The van der Waals surface area contributed by atoms with Gasteiger partial charge in [-0.1, -0.05) is 35.9 Å². The van der Waals surface area contributed by atoms with E-state index in [-0.39, 0.29) is 11.6 Å².